The van der Waals surface area contributed by atoms with E-state index in [1.165, 1.54) is 24.1 Å². The molecule has 4 heteroatoms. The predicted molar refractivity (Wildman–Crippen MR) is 100 cm³/mol. The molecule has 0 aliphatic carbocycles. The zero-order valence-electron chi connectivity index (χ0n) is 15.2. The zero-order valence-corrected chi connectivity index (χ0v) is 15.2. The van der Waals surface area contributed by atoms with Crippen molar-refractivity contribution in [3.05, 3.63) is 29.8 Å². The van der Waals surface area contributed by atoms with Gasteiger partial charge in [0.2, 0.25) is 0 Å². The number of anilines is 1. The van der Waals surface area contributed by atoms with Crippen LogP contribution in [-0.4, -0.2) is 51.6 Å². The smallest absolute Gasteiger partial charge is 0.193 e. The summed E-state index contributed by atoms with van der Waals surface area (Å²) in [6.07, 6.45) is 4.79. The van der Waals surface area contributed by atoms with Gasteiger partial charge in [0.1, 0.15) is 0 Å². The van der Waals surface area contributed by atoms with Gasteiger partial charge in [-0.2, -0.15) is 0 Å². The molecule has 0 bridgehead atoms. The molecule has 4 nitrogen and oxygen atoms in total. The molecule has 0 radical (unpaired) electrons. The van der Waals surface area contributed by atoms with E-state index in [2.05, 4.69) is 65.4 Å². The van der Waals surface area contributed by atoms with Gasteiger partial charge in [-0.3, -0.25) is 4.99 Å². The number of guanidine groups is 1. The Balaban J connectivity index is 1.71. The van der Waals surface area contributed by atoms with Gasteiger partial charge in [0.05, 0.1) is 0 Å². The third-order valence-electron chi connectivity index (χ3n) is 4.67. The van der Waals surface area contributed by atoms with Gasteiger partial charge in [0, 0.05) is 46.5 Å². The Hall–Kier alpha value is -1.71. The van der Waals surface area contributed by atoms with Crippen LogP contribution in [0.5, 0.6) is 0 Å². The van der Waals surface area contributed by atoms with Gasteiger partial charge in [0.25, 0.3) is 0 Å². The van der Waals surface area contributed by atoms with Gasteiger partial charge < -0.3 is 15.1 Å². The second kappa shape index (κ2) is 8.80. The maximum absolute atomic E-state index is 4.44. The van der Waals surface area contributed by atoms with Crippen molar-refractivity contribution in [1.29, 1.82) is 0 Å². The average Bonchev–Trinajstić information content (AvgIpc) is 2.56. The van der Waals surface area contributed by atoms with Crippen molar-refractivity contribution < 1.29 is 0 Å². The number of hydrogen-bond acceptors (Lipinski definition) is 2. The molecule has 1 aromatic rings. The van der Waals surface area contributed by atoms with Gasteiger partial charge in [0.15, 0.2) is 5.96 Å². The highest BCUT2D eigenvalue weighted by molar-refractivity contribution is 5.79. The Morgan fingerprint density at radius 2 is 1.87 bits per heavy atom. The van der Waals surface area contributed by atoms with Crippen LogP contribution in [-0.2, 0) is 6.42 Å². The highest BCUT2D eigenvalue weighted by Crippen LogP contribution is 2.16. The largest absolute Gasteiger partial charge is 0.378 e. The molecule has 1 N–H and O–H groups in total. The monoisotopic (exact) mass is 316 g/mol. The molecular weight excluding hydrogens is 284 g/mol. The first-order chi connectivity index (χ1) is 11.1. The quantitative estimate of drug-likeness (QED) is 0.515. The molecule has 1 saturated heterocycles. The number of likely N-dealkylation sites (tertiary alicyclic amines) is 1. The van der Waals surface area contributed by atoms with Crippen molar-refractivity contribution in [3.63, 3.8) is 0 Å². The molecular formula is C19H32N4. The number of hydrogen-bond donors (Lipinski definition) is 1. The third-order valence-corrected chi connectivity index (χ3v) is 4.67. The molecule has 23 heavy (non-hydrogen) atoms. The fraction of sp³-hybridized carbons (Fsp3) is 0.632. The summed E-state index contributed by atoms with van der Waals surface area (Å²) in [6, 6.07) is 8.85. The van der Waals surface area contributed by atoms with Crippen molar-refractivity contribution in [1.82, 2.24) is 10.2 Å². The van der Waals surface area contributed by atoms with Crippen molar-refractivity contribution in [2.45, 2.75) is 32.6 Å². The van der Waals surface area contributed by atoms with Crippen molar-refractivity contribution >= 4 is 11.6 Å². The normalized spacial score (nSPS) is 16.5. The summed E-state index contributed by atoms with van der Waals surface area (Å²) in [5.41, 5.74) is 2.66. The second-order valence-corrected chi connectivity index (χ2v) is 6.81. The van der Waals surface area contributed by atoms with E-state index in [-0.39, 0.29) is 0 Å². The van der Waals surface area contributed by atoms with E-state index < -0.39 is 0 Å². The van der Waals surface area contributed by atoms with Gasteiger partial charge in [-0.15, -0.1) is 0 Å². The number of nitrogens with one attached hydrogen (secondary N) is 1. The average molecular weight is 316 g/mol. The lowest BCUT2D eigenvalue weighted by molar-refractivity contribution is 0.273. The van der Waals surface area contributed by atoms with Gasteiger partial charge in [-0.05, 0) is 49.3 Å². The zero-order chi connectivity index (χ0) is 16.7. The fourth-order valence-corrected chi connectivity index (χ4v) is 3.01. The molecule has 1 heterocycles. The highest BCUT2D eigenvalue weighted by atomic mass is 15.3. The summed E-state index contributed by atoms with van der Waals surface area (Å²) in [5.74, 6) is 1.93. The second-order valence-electron chi connectivity index (χ2n) is 6.81. The van der Waals surface area contributed by atoms with E-state index in [9.17, 15) is 0 Å². The van der Waals surface area contributed by atoms with Gasteiger partial charge >= 0.3 is 0 Å². The summed E-state index contributed by atoms with van der Waals surface area (Å²) < 4.78 is 0. The van der Waals surface area contributed by atoms with Crippen LogP contribution in [0.25, 0.3) is 0 Å². The topological polar surface area (TPSA) is 30.9 Å². The molecule has 1 aliphatic heterocycles. The first kappa shape index (κ1) is 17.6. The van der Waals surface area contributed by atoms with Crippen LogP contribution < -0.4 is 10.2 Å². The molecule has 0 spiro atoms. The molecule has 1 aromatic carbocycles. The maximum atomic E-state index is 4.44. The Kier molecular flexibility index (Phi) is 6.75. The molecule has 128 valence electrons. The maximum Gasteiger partial charge on any atom is 0.193 e. The highest BCUT2D eigenvalue weighted by Gasteiger charge is 2.18. The number of aryl methyl sites for hydroxylation is 1. The molecule has 0 aromatic heterocycles. The van der Waals surface area contributed by atoms with Crippen molar-refractivity contribution in [2.24, 2.45) is 10.9 Å². The lowest BCUT2D eigenvalue weighted by atomic mass is 10.00. The van der Waals surface area contributed by atoms with Gasteiger partial charge in [-0.25, -0.2) is 0 Å². The number of rotatable bonds is 5. The Morgan fingerprint density at radius 3 is 2.43 bits per heavy atom. The van der Waals surface area contributed by atoms with E-state index in [1.807, 2.05) is 7.05 Å². The van der Waals surface area contributed by atoms with Crippen LogP contribution in [0, 0.1) is 5.92 Å². The van der Waals surface area contributed by atoms with E-state index >= 15 is 0 Å². The molecule has 0 atom stereocenters. The number of benzene rings is 1. The standard InChI is InChI=1S/C19H32N4/c1-16-11-14-23(15-12-16)19(20-2)21-13-5-6-17-7-9-18(10-8-17)22(3)4/h7-10,16H,5-6,11-15H2,1-4H3,(H,20,21). The predicted octanol–water partition coefficient (Wildman–Crippen LogP) is 2.99. The van der Waals surface area contributed by atoms with E-state index in [0.29, 0.717) is 0 Å². The molecule has 0 unspecified atom stereocenters. The third kappa shape index (κ3) is 5.45. The van der Waals surface area contributed by atoms with Crippen LogP contribution in [0.15, 0.2) is 29.3 Å². The van der Waals surface area contributed by atoms with Crippen molar-refractivity contribution in [3.8, 4) is 0 Å². The Labute approximate surface area is 141 Å². The summed E-state index contributed by atoms with van der Waals surface area (Å²) in [4.78, 5) is 8.97. The summed E-state index contributed by atoms with van der Waals surface area (Å²) in [5, 5.41) is 3.52. The Bertz CT molecular complexity index is 485. The molecule has 0 amide bonds. The number of aliphatic imine (C=N–C) groups is 1. The minimum atomic E-state index is 0.856. The molecule has 1 aliphatic rings. The SMILES string of the molecule is CN=C(NCCCc1ccc(N(C)C)cc1)N1CCC(C)CC1. The van der Waals surface area contributed by atoms with Crippen molar-refractivity contribution in [2.75, 3.05) is 45.7 Å². The van der Waals surface area contributed by atoms with Crippen LogP contribution >= 0.6 is 0 Å². The van der Waals surface area contributed by atoms with Crippen LogP contribution in [0.3, 0.4) is 0 Å². The lowest BCUT2D eigenvalue weighted by Crippen LogP contribution is -2.45. The molecule has 1 fully saturated rings. The van der Waals surface area contributed by atoms with E-state index in [0.717, 1.165) is 44.4 Å². The first-order valence-electron chi connectivity index (χ1n) is 8.82. The number of piperidine rings is 1. The molecule has 0 saturated carbocycles. The minimum absolute atomic E-state index is 0.856. The lowest BCUT2D eigenvalue weighted by Gasteiger charge is -2.32. The van der Waals surface area contributed by atoms with Crippen LogP contribution in [0.4, 0.5) is 5.69 Å². The minimum Gasteiger partial charge on any atom is -0.378 e. The van der Waals surface area contributed by atoms with Gasteiger partial charge in [-0.1, -0.05) is 19.1 Å². The molecule has 2 rings (SSSR count). The number of nitrogens with zero attached hydrogens (tertiary/aromatic N) is 3. The summed E-state index contributed by atoms with van der Waals surface area (Å²) >= 11 is 0. The fourth-order valence-electron chi connectivity index (χ4n) is 3.01. The van der Waals surface area contributed by atoms with E-state index in [1.54, 1.807) is 0 Å². The van der Waals surface area contributed by atoms with Crippen LogP contribution in [0.1, 0.15) is 31.7 Å². The summed E-state index contributed by atoms with van der Waals surface area (Å²) in [6.45, 7) is 5.59. The first-order valence-corrected chi connectivity index (χ1v) is 8.82. The summed E-state index contributed by atoms with van der Waals surface area (Å²) in [7, 11) is 6.04. The van der Waals surface area contributed by atoms with E-state index in [4.69, 9.17) is 0 Å². The Morgan fingerprint density at radius 1 is 1.22 bits per heavy atom. The van der Waals surface area contributed by atoms with Crippen LogP contribution in [0.2, 0.25) is 0 Å².